The fourth-order valence-corrected chi connectivity index (χ4v) is 5.51. The van der Waals surface area contributed by atoms with Gasteiger partial charge in [-0.15, -0.1) is 0 Å². The van der Waals surface area contributed by atoms with Gasteiger partial charge in [0.1, 0.15) is 0 Å². The third-order valence-electron chi connectivity index (χ3n) is 5.40. The second-order valence-electron chi connectivity index (χ2n) is 8.04. The van der Waals surface area contributed by atoms with Crippen LogP contribution in [0.3, 0.4) is 0 Å². The van der Waals surface area contributed by atoms with E-state index in [4.69, 9.17) is 0 Å². The van der Waals surface area contributed by atoms with Crippen LogP contribution in [0.25, 0.3) is 0 Å². The van der Waals surface area contributed by atoms with E-state index in [1.54, 1.807) is 0 Å². The molecule has 0 aliphatic rings. The lowest BCUT2D eigenvalue weighted by molar-refractivity contribution is -0.121. The molecular formula is C25H36N2O3S2. The van der Waals surface area contributed by atoms with Crippen molar-refractivity contribution in [1.82, 2.24) is 5.32 Å². The van der Waals surface area contributed by atoms with Crippen molar-refractivity contribution in [3.05, 3.63) is 54.6 Å². The summed E-state index contributed by atoms with van der Waals surface area (Å²) in [7, 11) is -3.48. The number of amides is 1. The maximum absolute atomic E-state index is 12.6. The van der Waals surface area contributed by atoms with E-state index in [0.29, 0.717) is 31.0 Å². The number of sulfonamides is 1. The van der Waals surface area contributed by atoms with Crippen LogP contribution in [0, 0.1) is 5.92 Å². The van der Waals surface area contributed by atoms with Gasteiger partial charge >= 0.3 is 0 Å². The molecule has 2 aromatic rings. The zero-order valence-corrected chi connectivity index (χ0v) is 21.1. The molecule has 176 valence electrons. The van der Waals surface area contributed by atoms with E-state index in [1.807, 2.05) is 54.6 Å². The highest BCUT2D eigenvalue weighted by Crippen LogP contribution is 2.36. The maximum Gasteiger partial charge on any atom is 0.232 e. The Morgan fingerprint density at radius 3 is 2.38 bits per heavy atom. The Labute approximate surface area is 198 Å². The molecule has 0 fully saturated rings. The first kappa shape index (κ1) is 26.3. The van der Waals surface area contributed by atoms with Crippen molar-refractivity contribution in [2.24, 2.45) is 5.92 Å². The fraction of sp³-hybridized carbons (Fsp3) is 0.480. The van der Waals surface area contributed by atoms with Crippen LogP contribution in [-0.2, 0) is 14.8 Å². The Balaban J connectivity index is 2.00. The van der Waals surface area contributed by atoms with Crippen molar-refractivity contribution in [2.75, 3.05) is 23.7 Å². The highest BCUT2D eigenvalue weighted by Gasteiger charge is 2.21. The Morgan fingerprint density at radius 2 is 1.72 bits per heavy atom. The lowest BCUT2D eigenvalue weighted by atomic mass is 9.99. The number of para-hydroxylation sites is 1. The molecule has 0 unspecified atom stereocenters. The number of hydrogen-bond donors (Lipinski definition) is 1. The summed E-state index contributed by atoms with van der Waals surface area (Å²) in [6, 6.07) is 17.4. The molecule has 2 aromatic carbocycles. The smallest absolute Gasteiger partial charge is 0.232 e. The molecule has 1 amide bonds. The summed E-state index contributed by atoms with van der Waals surface area (Å²) in [4.78, 5) is 14.2. The predicted octanol–water partition coefficient (Wildman–Crippen LogP) is 5.72. The van der Waals surface area contributed by atoms with Gasteiger partial charge in [0.2, 0.25) is 15.9 Å². The van der Waals surface area contributed by atoms with Crippen LogP contribution in [0.15, 0.2) is 64.4 Å². The number of hydrogen-bond acceptors (Lipinski definition) is 4. The van der Waals surface area contributed by atoms with Gasteiger partial charge in [-0.25, -0.2) is 8.42 Å². The average molecular weight is 477 g/mol. The Morgan fingerprint density at radius 1 is 1.03 bits per heavy atom. The molecule has 0 saturated heterocycles. The molecule has 0 heterocycles. The quantitative estimate of drug-likeness (QED) is 0.379. The van der Waals surface area contributed by atoms with Crippen molar-refractivity contribution >= 4 is 33.4 Å². The van der Waals surface area contributed by atoms with Crippen molar-refractivity contribution in [3.8, 4) is 0 Å². The second kappa shape index (κ2) is 13.5. The van der Waals surface area contributed by atoms with Gasteiger partial charge in [-0.2, -0.15) is 0 Å². The standard InChI is InChI=1S/C25H36N2O3S2/c1-4-6-13-21(5-2)20-26-25(28)18-12-19-27(32(3,29)30)23-16-10-11-17-24(23)31-22-14-8-7-9-15-22/h7-11,14-17,21H,4-6,12-13,18-20H2,1-3H3,(H,26,28)/t21-/m0/s1. The van der Waals surface area contributed by atoms with E-state index in [9.17, 15) is 13.2 Å². The van der Waals surface area contributed by atoms with Gasteiger partial charge in [-0.1, -0.05) is 75.2 Å². The van der Waals surface area contributed by atoms with Gasteiger partial charge in [0.25, 0.3) is 0 Å². The first-order chi connectivity index (χ1) is 15.3. The number of anilines is 1. The Kier molecular flexibility index (Phi) is 11.1. The first-order valence-electron chi connectivity index (χ1n) is 11.4. The van der Waals surface area contributed by atoms with Crippen LogP contribution in [0.2, 0.25) is 0 Å². The topological polar surface area (TPSA) is 66.5 Å². The van der Waals surface area contributed by atoms with Crippen molar-refractivity contribution < 1.29 is 13.2 Å². The Hall–Kier alpha value is -1.99. The maximum atomic E-state index is 12.6. The van der Waals surface area contributed by atoms with Crippen molar-refractivity contribution in [1.29, 1.82) is 0 Å². The summed E-state index contributed by atoms with van der Waals surface area (Å²) in [5.41, 5.74) is 0.648. The molecule has 0 aromatic heterocycles. The number of rotatable bonds is 14. The molecule has 1 atom stereocenters. The normalized spacial score (nSPS) is 12.3. The summed E-state index contributed by atoms with van der Waals surface area (Å²) >= 11 is 1.53. The van der Waals surface area contributed by atoms with E-state index in [1.165, 1.54) is 28.7 Å². The molecule has 7 heteroatoms. The molecule has 0 spiro atoms. The number of nitrogens with zero attached hydrogens (tertiary/aromatic N) is 1. The largest absolute Gasteiger partial charge is 0.356 e. The number of nitrogens with one attached hydrogen (secondary N) is 1. The highest BCUT2D eigenvalue weighted by molar-refractivity contribution is 7.99. The van der Waals surface area contributed by atoms with Crippen LogP contribution in [0.5, 0.6) is 0 Å². The van der Waals surface area contributed by atoms with Crippen LogP contribution in [0.1, 0.15) is 52.4 Å². The summed E-state index contributed by atoms with van der Waals surface area (Å²) in [6.45, 7) is 5.30. The van der Waals surface area contributed by atoms with Gasteiger partial charge in [0, 0.05) is 29.3 Å². The van der Waals surface area contributed by atoms with E-state index < -0.39 is 10.0 Å². The SMILES string of the molecule is CCCC[C@H](CC)CNC(=O)CCCN(c1ccccc1Sc1ccccc1)S(C)(=O)=O. The summed E-state index contributed by atoms with van der Waals surface area (Å²) in [5, 5.41) is 3.03. The summed E-state index contributed by atoms with van der Waals surface area (Å²) in [6.07, 6.45) is 6.52. The van der Waals surface area contributed by atoms with Gasteiger partial charge < -0.3 is 5.32 Å². The van der Waals surface area contributed by atoms with Gasteiger partial charge in [0.15, 0.2) is 0 Å². The van der Waals surface area contributed by atoms with Gasteiger partial charge in [-0.05, 0) is 43.0 Å². The van der Waals surface area contributed by atoms with Gasteiger partial charge in [0.05, 0.1) is 11.9 Å². The molecule has 1 N–H and O–H groups in total. The zero-order valence-electron chi connectivity index (χ0n) is 19.4. The number of carbonyl (C=O) groups is 1. The number of carbonyl (C=O) groups excluding carboxylic acids is 1. The monoisotopic (exact) mass is 476 g/mol. The van der Waals surface area contributed by atoms with E-state index in [-0.39, 0.29) is 12.5 Å². The lowest BCUT2D eigenvalue weighted by Gasteiger charge is -2.24. The van der Waals surface area contributed by atoms with Crippen LogP contribution in [0.4, 0.5) is 5.69 Å². The molecule has 5 nitrogen and oxygen atoms in total. The van der Waals surface area contributed by atoms with Crippen molar-refractivity contribution in [3.63, 3.8) is 0 Å². The zero-order chi connectivity index (χ0) is 23.4. The molecule has 0 aliphatic heterocycles. The minimum atomic E-state index is -3.48. The molecule has 0 bridgehead atoms. The van der Waals surface area contributed by atoms with Crippen molar-refractivity contribution in [2.45, 2.75) is 62.2 Å². The van der Waals surface area contributed by atoms with E-state index in [0.717, 1.165) is 29.1 Å². The van der Waals surface area contributed by atoms with E-state index in [2.05, 4.69) is 19.2 Å². The molecule has 0 aliphatic carbocycles. The second-order valence-corrected chi connectivity index (χ2v) is 11.1. The predicted molar refractivity (Wildman–Crippen MR) is 135 cm³/mol. The minimum Gasteiger partial charge on any atom is -0.356 e. The number of unbranched alkanes of at least 4 members (excludes halogenated alkanes) is 1. The molecule has 0 radical (unpaired) electrons. The highest BCUT2D eigenvalue weighted by atomic mass is 32.2. The van der Waals surface area contributed by atoms with Gasteiger partial charge in [-0.3, -0.25) is 9.10 Å². The minimum absolute atomic E-state index is 0.0136. The average Bonchev–Trinajstić information content (AvgIpc) is 2.77. The summed E-state index contributed by atoms with van der Waals surface area (Å²) in [5.74, 6) is 0.494. The summed E-state index contributed by atoms with van der Waals surface area (Å²) < 4.78 is 26.6. The Bertz CT molecular complexity index is 933. The van der Waals surface area contributed by atoms with Crippen LogP contribution < -0.4 is 9.62 Å². The lowest BCUT2D eigenvalue weighted by Crippen LogP contribution is -2.33. The van der Waals surface area contributed by atoms with Crippen LogP contribution in [-0.4, -0.2) is 33.7 Å². The first-order valence-corrected chi connectivity index (χ1v) is 14.1. The number of benzene rings is 2. The molecular weight excluding hydrogens is 440 g/mol. The van der Waals surface area contributed by atoms with E-state index >= 15 is 0 Å². The molecule has 0 saturated carbocycles. The van der Waals surface area contributed by atoms with Crippen LogP contribution >= 0.6 is 11.8 Å². The molecule has 2 rings (SSSR count). The third kappa shape index (κ3) is 8.87. The third-order valence-corrected chi connectivity index (χ3v) is 7.65. The fourth-order valence-electron chi connectivity index (χ4n) is 3.50. The molecule has 32 heavy (non-hydrogen) atoms.